The summed E-state index contributed by atoms with van der Waals surface area (Å²) < 4.78 is 5.49. The molecular formula is C18H19N5O2. The number of nitrogens with one attached hydrogen (secondary N) is 1. The molecule has 0 saturated carbocycles. The van der Waals surface area contributed by atoms with Crippen LogP contribution in [0, 0.1) is 12.8 Å². The van der Waals surface area contributed by atoms with Crippen molar-refractivity contribution in [2.24, 2.45) is 5.92 Å². The number of carbonyl (C=O) groups is 1. The van der Waals surface area contributed by atoms with Crippen LogP contribution >= 0.6 is 0 Å². The topological polar surface area (TPSA) is 87.9 Å². The first-order chi connectivity index (χ1) is 12.1. The zero-order valence-electron chi connectivity index (χ0n) is 14.1. The van der Waals surface area contributed by atoms with Crippen LogP contribution in [-0.2, 0) is 0 Å². The van der Waals surface area contributed by atoms with Gasteiger partial charge in [-0.2, -0.15) is 10.1 Å². The molecular weight excluding hydrogens is 318 g/mol. The molecule has 1 amide bonds. The largest absolute Gasteiger partial charge is 0.339 e. The smallest absolute Gasteiger partial charge is 0.274 e. The van der Waals surface area contributed by atoms with Crippen LogP contribution < -0.4 is 0 Å². The molecule has 0 aliphatic carbocycles. The summed E-state index contributed by atoms with van der Waals surface area (Å²) in [7, 11) is 0. The highest BCUT2D eigenvalue weighted by Crippen LogP contribution is 2.33. The lowest BCUT2D eigenvalue weighted by Gasteiger charge is -2.13. The summed E-state index contributed by atoms with van der Waals surface area (Å²) in [6.45, 7) is 5.18. The number of likely N-dealkylation sites (tertiary alicyclic amines) is 1. The number of H-pyrrole nitrogens is 1. The molecule has 2 atom stereocenters. The molecule has 2 unspecified atom stereocenters. The molecule has 2 aromatic heterocycles. The minimum Gasteiger partial charge on any atom is -0.339 e. The van der Waals surface area contributed by atoms with Gasteiger partial charge < -0.3 is 9.42 Å². The van der Waals surface area contributed by atoms with Crippen molar-refractivity contribution in [1.82, 2.24) is 25.2 Å². The second-order valence-electron chi connectivity index (χ2n) is 6.55. The summed E-state index contributed by atoms with van der Waals surface area (Å²) in [5.74, 6) is 1.37. The molecule has 0 bridgehead atoms. The van der Waals surface area contributed by atoms with Crippen molar-refractivity contribution in [3.63, 3.8) is 0 Å². The predicted octanol–water partition coefficient (Wildman–Crippen LogP) is 2.64. The Morgan fingerprint density at radius 3 is 2.80 bits per heavy atom. The molecule has 1 aromatic carbocycles. The monoisotopic (exact) mass is 337 g/mol. The number of hydrogen-bond acceptors (Lipinski definition) is 5. The summed E-state index contributed by atoms with van der Waals surface area (Å²) in [6.07, 6.45) is 0. The third kappa shape index (κ3) is 2.93. The Morgan fingerprint density at radius 1 is 1.28 bits per heavy atom. The van der Waals surface area contributed by atoms with Crippen LogP contribution in [0.15, 0.2) is 40.9 Å². The molecule has 1 aliphatic heterocycles. The third-order valence-electron chi connectivity index (χ3n) is 4.62. The molecule has 0 radical (unpaired) electrons. The number of carbonyl (C=O) groups excluding carboxylic acids is 1. The molecule has 3 heterocycles. The molecule has 25 heavy (non-hydrogen) atoms. The van der Waals surface area contributed by atoms with Gasteiger partial charge in [0.25, 0.3) is 5.91 Å². The highest BCUT2D eigenvalue weighted by molar-refractivity contribution is 5.92. The summed E-state index contributed by atoms with van der Waals surface area (Å²) in [5.41, 5.74) is 2.24. The molecule has 7 nitrogen and oxygen atoms in total. The van der Waals surface area contributed by atoms with E-state index in [1.54, 1.807) is 11.0 Å². The van der Waals surface area contributed by atoms with Crippen molar-refractivity contribution in [3.8, 4) is 11.4 Å². The first-order valence-corrected chi connectivity index (χ1v) is 8.32. The number of aromatic nitrogens is 4. The summed E-state index contributed by atoms with van der Waals surface area (Å²) in [4.78, 5) is 18.9. The number of nitrogens with zero attached hydrogens (tertiary/aromatic N) is 4. The Labute approximate surface area is 145 Å². The Kier molecular flexibility index (Phi) is 3.83. The molecule has 1 fully saturated rings. The lowest BCUT2D eigenvalue weighted by atomic mass is 9.98. The van der Waals surface area contributed by atoms with Gasteiger partial charge in [-0.25, -0.2) is 0 Å². The van der Waals surface area contributed by atoms with E-state index in [0.29, 0.717) is 30.5 Å². The van der Waals surface area contributed by atoms with E-state index in [-0.39, 0.29) is 17.7 Å². The van der Waals surface area contributed by atoms with Gasteiger partial charge in [0.2, 0.25) is 11.7 Å². The zero-order valence-corrected chi connectivity index (χ0v) is 14.1. The van der Waals surface area contributed by atoms with Gasteiger partial charge in [-0.3, -0.25) is 9.89 Å². The lowest BCUT2D eigenvalue weighted by molar-refractivity contribution is 0.0780. The van der Waals surface area contributed by atoms with Crippen molar-refractivity contribution < 1.29 is 9.32 Å². The highest BCUT2D eigenvalue weighted by atomic mass is 16.5. The Morgan fingerprint density at radius 2 is 2.08 bits per heavy atom. The van der Waals surface area contributed by atoms with Crippen molar-refractivity contribution in [2.45, 2.75) is 19.8 Å². The van der Waals surface area contributed by atoms with Crippen molar-refractivity contribution >= 4 is 5.91 Å². The van der Waals surface area contributed by atoms with Crippen LogP contribution in [0.5, 0.6) is 0 Å². The van der Waals surface area contributed by atoms with Gasteiger partial charge in [-0.1, -0.05) is 42.4 Å². The van der Waals surface area contributed by atoms with E-state index < -0.39 is 0 Å². The van der Waals surface area contributed by atoms with Crippen LogP contribution in [0.1, 0.15) is 34.9 Å². The number of benzene rings is 1. The van der Waals surface area contributed by atoms with E-state index in [1.807, 2.05) is 37.3 Å². The summed E-state index contributed by atoms with van der Waals surface area (Å²) >= 11 is 0. The van der Waals surface area contributed by atoms with Crippen LogP contribution in [0.2, 0.25) is 0 Å². The first kappa shape index (κ1) is 15.6. The van der Waals surface area contributed by atoms with E-state index in [4.69, 9.17) is 4.52 Å². The second kappa shape index (κ2) is 6.16. The first-order valence-electron chi connectivity index (χ1n) is 8.32. The maximum Gasteiger partial charge on any atom is 0.274 e. The van der Waals surface area contributed by atoms with Gasteiger partial charge in [0, 0.05) is 24.3 Å². The van der Waals surface area contributed by atoms with Crippen LogP contribution in [-0.4, -0.2) is 44.2 Å². The Bertz CT molecular complexity index is 886. The molecule has 3 aromatic rings. The lowest BCUT2D eigenvalue weighted by Crippen LogP contribution is -2.29. The zero-order chi connectivity index (χ0) is 17.4. The average molecular weight is 337 g/mol. The van der Waals surface area contributed by atoms with Crippen LogP contribution in [0.3, 0.4) is 0 Å². The van der Waals surface area contributed by atoms with Gasteiger partial charge in [0.05, 0.1) is 5.92 Å². The quantitative estimate of drug-likeness (QED) is 0.794. The Hall–Kier alpha value is -2.96. The van der Waals surface area contributed by atoms with Crippen LogP contribution in [0.25, 0.3) is 11.4 Å². The van der Waals surface area contributed by atoms with Gasteiger partial charge in [-0.15, -0.1) is 0 Å². The molecule has 1 N–H and O–H groups in total. The fraction of sp³-hybridized carbons (Fsp3) is 0.333. The average Bonchev–Trinajstić information content (AvgIpc) is 3.34. The number of amides is 1. The Balaban J connectivity index is 1.52. The van der Waals surface area contributed by atoms with E-state index in [2.05, 4.69) is 27.3 Å². The van der Waals surface area contributed by atoms with Crippen LogP contribution in [0.4, 0.5) is 0 Å². The number of aryl methyl sites for hydroxylation is 1. The minimum absolute atomic E-state index is 0.0361. The minimum atomic E-state index is -0.0681. The van der Waals surface area contributed by atoms with E-state index in [1.165, 1.54) is 0 Å². The third-order valence-corrected chi connectivity index (χ3v) is 4.62. The molecule has 128 valence electrons. The molecule has 1 aliphatic rings. The predicted molar refractivity (Wildman–Crippen MR) is 90.9 cm³/mol. The van der Waals surface area contributed by atoms with E-state index in [9.17, 15) is 4.79 Å². The number of hydrogen-bond donors (Lipinski definition) is 1. The maximum absolute atomic E-state index is 12.6. The fourth-order valence-corrected chi connectivity index (χ4v) is 3.23. The normalized spacial score (nSPS) is 20.2. The summed E-state index contributed by atoms with van der Waals surface area (Å²) in [6, 6.07) is 11.5. The fourth-order valence-electron chi connectivity index (χ4n) is 3.23. The van der Waals surface area contributed by atoms with Crippen molar-refractivity contribution in [1.29, 1.82) is 0 Å². The number of rotatable bonds is 3. The van der Waals surface area contributed by atoms with Gasteiger partial charge in [0.15, 0.2) is 0 Å². The van der Waals surface area contributed by atoms with E-state index in [0.717, 1.165) is 11.3 Å². The van der Waals surface area contributed by atoms with Gasteiger partial charge in [-0.05, 0) is 18.9 Å². The number of aromatic amines is 1. The SMILES string of the molecule is Cc1cc(C(=O)N2CC(C)C(c3nc(-c4ccccc4)no3)C2)n[nH]1. The van der Waals surface area contributed by atoms with Crippen molar-refractivity contribution in [3.05, 3.63) is 53.7 Å². The van der Waals surface area contributed by atoms with E-state index >= 15 is 0 Å². The molecule has 7 heteroatoms. The molecule has 0 spiro atoms. The van der Waals surface area contributed by atoms with Gasteiger partial charge >= 0.3 is 0 Å². The molecule has 4 rings (SSSR count). The second-order valence-corrected chi connectivity index (χ2v) is 6.55. The molecule has 1 saturated heterocycles. The highest BCUT2D eigenvalue weighted by Gasteiger charge is 2.37. The van der Waals surface area contributed by atoms with Crippen molar-refractivity contribution in [2.75, 3.05) is 13.1 Å². The summed E-state index contributed by atoms with van der Waals surface area (Å²) in [5, 5.41) is 11.0. The maximum atomic E-state index is 12.6. The standard InChI is InChI=1S/C18H19N5O2/c1-11-9-23(18(24)15-8-12(2)20-21-15)10-14(11)17-19-16(22-25-17)13-6-4-3-5-7-13/h3-8,11,14H,9-10H2,1-2H3,(H,20,21). The van der Waals surface area contributed by atoms with Gasteiger partial charge in [0.1, 0.15) is 5.69 Å².